The second kappa shape index (κ2) is 8.47. The molecule has 7 nitrogen and oxygen atoms in total. The highest BCUT2D eigenvalue weighted by Gasteiger charge is 2.28. The van der Waals surface area contributed by atoms with Crippen LogP contribution in [0.3, 0.4) is 0 Å². The first-order valence-corrected chi connectivity index (χ1v) is 11.6. The molecule has 0 amide bonds. The lowest BCUT2D eigenvalue weighted by Gasteiger charge is -2.19. The van der Waals surface area contributed by atoms with Crippen molar-refractivity contribution in [3.05, 3.63) is 40.7 Å². The second-order valence-corrected chi connectivity index (χ2v) is 10.3. The molecule has 1 atom stereocenters. The van der Waals surface area contributed by atoms with Gasteiger partial charge in [0.25, 0.3) is 0 Å². The molecule has 1 aliphatic rings. The Morgan fingerprint density at radius 2 is 1.83 bits per heavy atom. The Morgan fingerprint density at radius 3 is 2.40 bits per heavy atom. The van der Waals surface area contributed by atoms with E-state index >= 15 is 0 Å². The standard InChI is InChI=1S/C21H27FN2O5S/c1-12(2)17-5-14(22)6-18(13(3)4)19(17)7-15(25)11-30(27,28)20-8-21-24(23-20)9-16(26)10-29-21/h5-6,8,12-13,16,26H,7,9-11H2,1-4H3. The van der Waals surface area contributed by atoms with E-state index in [1.54, 1.807) is 0 Å². The van der Waals surface area contributed by atoms with Crippen LogP contribution in [0.4, 0.5) is 4.39 Å². The van der Waals surface area contributed by atoms with Gasteiger partial charge in [-0.15, -0.1) is 0 Å². The number of halogens is 1. The summed E-state index contributed by atoms with van der Waals surface area (Å²) in [6.07, 6.45) is -0.861. The largest absolute Gasteiger partial charge is 0.475 e. The van der Waals surface area contributed by atoms with Crippen LogP contribution >= 0.6 is 0 Å². The lowest BCUT2D eigenvalue weighted by atomic mass is 9.86. The van der Waals surface area contributed by atoms with E-state index in [0.29, 0.717) is 16.7 Å². The van der Waals surface area contributed by atoms with E-state index < -0.39 is 27.5 Å². The molecule has 3 rings (SSSR count). The number of fused-ring (bicyclic) bond motifs is 1. The lowest BCUT2D eigenvalue weighted by Crippen LogP contribution is -2.30. The van der Waals surface area contributed by atoms with Gasteiger partial charge in [0, 0.05) is 12.5 Å². The smallest absolute Gasteiger partial charge is 0.213 e. The van der Waals surface area contributed by atoms with Crippen LogP contribution < -0.4 is 4.74 Å². The topological polar surface area (TPSA) is 98.5 Å². The average molecular weight is 439 g/mol. The summed E-state index contributed by atoms with van der Waals surface area (Å²) in [6.45, 7) is 7.83. The van der Waals surface area contributed by atoms with Gasteiger partial charge >= 0.3 is 0 Å². The number of aliphatic hydroxyl groups is 1. The normalized spacial score (nSPS) is 16.6. The van der Waals surface area contributed by atoms with E-state index in [1.165, 1.54) is 22.9 Å². The van der Waals surface area contributed by atoms with Crippen LogP contribution in [0.15, 0.2) is 23.2 Å². The molecule has 1 aliphatic heterocycles. The Labute approximate surface area is 175 Å². The van der Waals surface area contributed by atoms with Crippen molar-refractivity contribution in [3.63, 3.8) is 0 Å². The van der Waals surface area contributed by atoms with E-state index in [0.717, 1.165) is 0 Å². The van der Waals surface area contributed by atoms with E-state index in [4.69, 9.17) is 4.74 Å². The molecule has 2 heterocycles. The maximum Gasteiger partial charge on any atom is 0.213 e. The SMILES string of the molecule is CC(C)c1cc(F)cc(C(C)C)c1CC(=O)CS(=O)(=O)c1cc2n(n1)CC(O)CO2. The molecule has 0 saturated carbocycles. The summed E-state index contributed by atoms with van der Waals surface area (Å²) >= 11 is 0. The van der Waals surface area contributed by atoms with Crippen molar-refractivity contribution in [2.45, 2.75) is 63.6 Å². The van der Waals surface area contributed by atoms with Crippen molar-refractivity contribution >= 4 is 15.6 Å². The molecule has 1 unspecified atom stereocenters. The molecule has 0 saturated heterocycles. The first kappa shape index (κ1) is 22.4. The van der Waals surface area contributed by atoms with Gasteiger partial charge in [0.1, 0.15) is 24.3 Å². The third-order valence-electron chi connectivity index (χ3n) is 5.10. The van der Waals surface area contributed by atoms with Crippen molar-refractivity contribution in [1.82, 2.24) is 9.78 Å². The number of hydrogen-bond acceptors (Lipinski definition) is 6. The van der Waals surface area contributed by atoms with Crippen LogP contribution in [-0.4, -0.2) is 47.6 Å². The Bertz CT molecular complexity index is 1030. The number of ketones is 1. The zero-order chi connectivity index (χ0) is 22.2. The van der Waals surface area contributed by atoms with Gasteiger partial charge in [0.15, 0.2) is 10.8 Å². The van der Waals surface area contributed by atoms with Crippen molar-refractivity contribution in [2.75, 3.05) is 12.4 Å². The maximum atomic E-state index is 14.1. The number of sulfone groups is 1. The zero-order valence-corrected chi connectivity index (χ0v) is 18.4. The van der Waals surface area contributed by atoms with Crippen LogP contribution in [-0.2, 0) is 27.6 Å². The number of carbonyl (C=O) groups is 1. The van der Waals surface area contributed by atoms with Gasteiger partial charge in [-0.2, -0.15) is 5.10 Å². The number of aromatic nitrogens is 2. The number of aliphatic hydroxyl groups excluding tert-OH is 1. The number of rotatable bonds is 7. The molecule has 0 aliphatic carbocycles. The van der Waals surface area contributed by atoms with Crippen molar-refractivity contribution in [3.8, 4) is 5.88 Å². The molecule has 30 heavy (non-hydrogen) atoms. The predicted octanol–water partition coefficient (Wildman–Crippen LogP) is 2.61. The van der Waals surface area contributed by atoms with E-state index in [-0.39, 0.29) is 48.1 Å². The van der Waals surface area contributed by atoms with Crippen LogP contribution in [0.5, 0.6) is 5.88 Å². The molecule has 2 aromatic rings. The van der Waals surface area contributed by atoms with Gasteiger partial charge < -0.3 is 9.84 Å². The summed E-state index contributed by atoms with van der Waals surface area (Å²) in [4.78, 5) is 12.8. The summed E-state index contributed by atoms with van der Waals surface area (Å²) < 4.78 is 46.1. The number of nitrogens with zero attached hydrogens (tertiary/aromatic N) is 2. The number of Topliss-reactive ketones (excluding diaryl/α,β-unsaturated/α-hetero) is 1. The molecule has 0 fully saturated rings. The predicted molar refractivity (Wildman–Crippen MR) is 109 cm³/mol. The van der Waals surface area contributed by atoms with Gasteiger partial charge in [-0.1, -0.05) is 27.7 Å². The molecule has 9 heteroatoms. The Kier molecular flexibility index (Phi) is 6.33. The number of ether oxygens (including phenoxy) is 1. The average Bonchev–Trinajstić information content (AvgIpc) is 3.06. The Morgan fingerprint density at radius 1 is 1.23 bits per heavy atom. The quantitative estimate of drug-likeness (QED) is 0.714. The summed E-state index contributed by atoms with van der Waals surface area (Å²) in [5.74, 6) is -1.34. The first-order chi connectivity index (χ1) is 14.0. The summed E-state index contributed by atoms with van der Waals surface area (Å²) in [5.41, 5.74) is 2.12. The van der Waals surface area contributed by atoms with E-state index in [1.807, 2.05) is 27.7 Å². The van der Waals surface area contributed by atoms with Gasteiger partial charge in [-0.25, -0.2) is 17.5 Å². The van der Waals surface area contributed by atoms with Crippen molar-refractivity contribution in [1.29, 1.82) is 0 Å². The molecule has 1 aromatic carbocycles. The monoisotopic (exact) mass is 438 g/mol. The summed E-state index contributed by atoms with van der Waals surface area (Å²) in [6, 6.07) is 4.10. The summed E-state index contributed by atoms with van der Waals surface area (Å²) in [5, 5.41) is 13.3. The summed E-state index contributed by atoms with van der Waals surface area (Å²) in [7, 11) is -3.98. The van der Waals surface area contributed by atoms with Crippen LogP contribution in [0.25, 0.3) is 0 Å². The maximum absolute atomic E-state index is 14.1. The highest BCUT2D eigenvalue weighted by Crippen LogP contribution is 2.30. The number of carbonyl (C=O) groups excluding carboxylic acids is 1. The highest BCUT2D eigenvalue weighted by atomic mass is 32.2. The van der Waals surface area contributed by atoms with Gasteiger partial charge in [-0.3, -0.25) is 4.79 Å². The molecule has 164 valence electrons. The Hall–Kier alpha value is -2.26. The molecule has 0 spiro atoms. The minimum Gasteiger partial charge on any atom is -0.475 e. The van der Waals surface area contributed by atoms with E-state index in [2.05, 4.69) is 5.10 Å². The van der Waals surface area contributed by atoms with Gasteiger partial charge in [-0.05, 0) is 40.7 Å². The number of benzene rings is 1. The van der Waals surface area contributed by atoms with Crippen LogP contribution in [0, 0.1) is 5.82 Å². The molecule has 1 N–H and O–H groups in total. The van der Waals surface area contributed by atoms with Crippen molar-refractivity contribution in [2.24, 2.45) is 0 Å². The fourth-order valence-corrected chi connectivity index (χ4v) is 4.84. The van der Waals surface area contributed by atoms with Crippen LogP contribution in [0.1, 0.15) is 56.2 Å². The first-order valence-electron chi connectivity index (χ1n) is 9.93. The lowest BCUT2D eigenvalue weighted by molar-refractivity contribution is -0.116. The van der Waals surface area contributed by atoms with E-state index in [9.17, 15) is 22.7 Å². The fraction of sp³-hybridized carbons (Fsp3) is 0.524. The van der Waals surface area contributed by atoms with Gasteiger partial charge in [0.2, 0.25) is 15.7 Å². The zero-order valence-electron chi connectivity index (χ0n) is 17.6. The third-order valence-corrected chi connectivity index (χ3v) is 6.64. The highest BCUT2D eigenvalue weighted by molar-refractivity contribution is 7.92. The van der Waals surface area contributed by atoms with Gasteiger partial charge in [0.05, 0.1) is 6.54 Å². The third kappa shape index (κ3) is 4.73. The van der Waals surface area contributed by atoms with Crippen molar-refractivity contribution < 1.29 is 27.4 Å². The second-order valence-electron chi connectivity index (χ2n) is 8.31. The molecular weight excluding hydrogens is 411 g/mol. The molecule has 0 radical (unpaired) electrons. The molecule has 0 bridgehead atoms. The number of hydrogen-bond donors (Lipinski definition) is 1. The minimum absolute atomic E-state index is 0.0129. The minimum atomic E-state index is -3.98. The molecular formula is C21H27FN2O5S. The molecule has 1 aromatic heterocycles. The fourth-order valence-electron chi connectivity index (χ4n) is 3.66. The Balaban J connectivity index is 1.85. The van der Waals surface area contributed by atoms with Crippen LogP contribution in [0.2, 0.25) is 0 Å².